The zero-order valence-corrected chi connectivity index (χ0v) is 17.4. The van der Waals surface area contributed by atoms with Gasteiger partial charge in [-0.1, -0.05) is 0 Å². The van der Waals surface area contributed by atoms with Gasteiger partial charge < -0.3 is 4.74 Å². The van der Waals surface area contributed by atoms with Gasteiger partial charge in [0.2, 0.25) is 0 Å². The summed E-state index contributed by atoms with van der Waals surface area (Å²) >= 11 is 0. The molecule has 0 heterocycles. The molecular formula is C14H17CeF5O5S. The first kappa shape index (κ1) is 22.7. The van der Waals surface area contributed by atoms with Crippen LogP contribution >= 0.6 is 0 Å². The molecule has 26 heavy (non-hydrogen) atoms. The molecule has 4 rings (SSSR count). The second-order valence-electron chi connectivity index (χ2n) is 7.56. The molecule has 1 unspecified atom stereocenters. The number of ether oxygens (including phenoxy) is 1. The Kier molecular flexibility index (Phi) is 6.13. The topological polar surface area (TPSA) is 80.7 Å². The van der Waals surface area contributed by atoms with Crippen molar-refractivity contribution in [3.05, 3.63) is 0 Å². The summed E-state index contributed by atoms with van der Waals surface area (Å²) in [5.41, 5.74) is -1.27. The van der Waals surface area contributed by atoms with Crippen LogP contribution in [-0.4, -0.2) is 36.5 Å². The van der Waals surface area contributed by atoms with E-state index in [0.717, 1.165) is 19.3 Å². The normalized spacial score (nSPS) is 34.9. The van der Waals surface area contributed by atoms with Crippen LogP contribution in [0.3, 0.4) is 0 Å². The van der Waals surface area contributed by atoms with Gasteiger partial charge in [-0.05, 0) is 56.3 Å². The van der Waals surface area contributed by atoms with E-state index in [-0.39, 0.29) is 78.8 Å². The quantitative estimate of drug-likeness (QED) is 0.342. The van der Waals surface area contributed by atoms with Crippen molar-refractivity contribution >= 4 is 16.1 Å². The molecule has 4 saturated carbocycles. The minimum atomic E-state index is -6.42. The van der Waals surface area contributed by atoms with Crippen LogP contribution in [0.15, 0.2) is 0 Å². The number of carbonyl (C=O) groups is 1. The molecule has 0 aliphatic heterocycles. The minimum absolute atomic E-state index is 0. The van der Waals surface area contributed by atoms with Crippen LogP contribution in [0.1, 0.15) is 38.5 Å². The van der Waals surface area contributed by atoms with Gasteiger partial charge in [0.05, 0.1) is 5.41 Å². The van der Waals surface area contributed by atoms with E-state index in [2.05, 4.69) is 4.74 Å². The van der Waals surface area contributed by atoms with Crippen molar-refractivity contribution in [1.82, 2.24) is 0 Å². The summed E-state index contributed by atoms with van der Waals surface area (Å²) in [6, 6.07) is 0. The maximum Gasteiger partial charge on any atom is 0.432 e. The van der Waals surface area contributed by atoms with E-state index in [0.29, 0.717) is 0 Å². The molecule has 1 atom stereocenters. The van der Waals surface area contributed by atoms with E-state index < -0.39 is 39.0 Å². The number of carbonyl (C=O) groups excluding carboxylic acids is 1. The first-order valence-corrected chi connectivity index (χ1v) is 9.31. The standard InChI is InChI=1S/C14H17F5O5S.Ce/c15-13(16,17)10(14(18,19)25(21,22)23)24-11(20)12-4-7-1-8(5-12)3-9(2-7)6-12;/h7-10H,1-6H2,(H,21,22,23);. The van der Waals surface area contributed by atoms with Crippen molar-refractivity contribution < 1.29 is 86.2 Å². The average Bonchev–Trinajstić information content (AvgIpc) is 2.40. The molecule has 1 N–H and O–H groups in total. The van der Waals surface area contributed by atoms with Crippen LogP contribution < -0.4 is 0 Å². The monoisotopic (exact) mass is 532 g/mol. The summed E-state index contributed by atoms with van der Waals surface area (Å²) in [6.45, 7) is 0. The largest absolute Gasteiger partial charge is 0.444 e. The Hall–Kier alpha value is 0.407. The molecule has 4 bridgehead atoms. The van der Waals surface area contributed by atoms with Crippen molar-refractivity contribution in [2.24, 2.45) is 23.2 Å². The molecule has 12 heteroatoms. The summed E-state index contributed by atoms with van der Waals surface area (Å²) in [7, 11) is -6.42. The van der Waals surface area contributed by atoms with Crippen molar-refractivity contribution in [3.63, 3.8) is 0 Å². The van der Waals surface area contributed by atoms with E-state index >= 15 is 0 Å². The molecule has 0 aromatic rings. The van der Waals surface area contributed by atoms with Crippen LogP contribution in [0.4, 0.5) is 22.0 Å². The van der Waals surface area contributed by atoms with Gasteiger partial charge in [0.25, 0.3) is 6.10 Å². The molecule has 0 saturated heterocycles. The number of alkyl halides is 5. The Labute approximate surface area is 180 Å². The maximum absolute atomic E-state index is 13.6. The molecule has 0 aromatic carbocycles. The predicted octanol–water partition coefficient (Wildman–Crippen LogP) is 3.16. The second kappa shape index (κ2) is 7.03. The van der Waals surface area contributed by atoms with E-state index in [1.165, 1.54) is 0 Å². The Morgan fingerprint density at radius 1 is 1.00 bits per heavy atom. The van der Waals surface area contributed by atoms with E-state index in [4.69, 9.17) is 4.55 Å². The van der Waals surface area contributed by atoms with Gasteiger partial charge >= 0.3 is 27.5 Å². The molecule has 148 valence electrons. The van der Waals surface area contributed by atoms with Gasteiger partial charge in [0, 0.05) is 41.7 Å². The summed E-state index contributed by atoms with van der Waals surface area (Å²) in [4.78, 5) is 12.4. The fourth-order valence-corrected chi connectivity index (χ4v) is 5.51. The Balaban J connectivity index is 0.00000243. The van der Waals surface area contributed by atoms with Gasteiger partial charge in [-0.2, -0.15) is 30.4 Å². The maximum atomic E-state index is 13.6. The van der Waals surface area contributed by atoms with Gasteiger partial charge in [-0.25, -0.2) is 0 Å². The Morgan fingerprint density at radius 3 is 1.69 bits per heavy atom. The first-order chi connectivity index (χ1) is 11.2. The van der Waals surface area contributed by atoms with Crippen LogP contribution in [0.5, 0.6) is 0 Å². The number of hydrogen-bond donors (Lipinski definition) is 1. The van der Waals surface area contributed by atoms with Gasteiger partial charge in [0.15, 0.2) is 0 Å². The van der Waals surface area contributed by atoms with Crippen molar-refractivity contribution in [1.29, 1.82) is 0 Å². The zero-order chi connectivity index (χ0) is 18.8. The van der Waals surface area contributed by atoms with Gasteiger partial charge in [-0.3, -0.25) is 9.35 Å². The fraction of sp³-hybridized carbons (Fsp3) is 0.929. The Bertz CT molecular complexity index is 642. The van der Waals surface area contributed by atoms with E-state index in [1.54, 1.807) is 0 Å². The molecule has 4 fully saturated rings. The molecule has 0 radical (unpaired) electrons. The molecule has 4 aliphatic rings. The third-order valence-corrected chi connectivity index (χ3v) is 6.54. The summed E-state index contributed by atoms with van der Waals surface area (Å²) in [5.74, 6) is -1.02. The Morgan fingerprint density at radius 2 is 1.38 bits per heavy atom. The van der Waals surface area contributed by atoms with E-state index in [1.807, 2.05) is 0 Å². The molecule has 0 aromatic heterocycles. The van der Waals surface area contributed by atoms with Crippen molar-refractivity contribution in [2.75, 3.05) is 0 Å². The average molecular weight is 532 g/mol. The number of hydrogen-bond acceptors (Lipinski definition) is 4. The van der Waals surface area contributed by atoms with Gasteiger partial charge in [-0.15, -0.1) is 0 Å². The molecular weight excluding hydrogens is 515 g/mol. The van der Waals surface area contributed by atoms with Crippen LogP contribution in [-0.2, 0) is 19.6 Å². The van der Waals surface area contributed by atoms with Crippen molar-refractivity contribution in [2.45, 2.75) is 56.1 Å². The molecule has 4 aliphatic carbocycles. The molecule has 0 amide bonds. The summed E-state index contributed by atoms with van der Waals surface area (Å²) in [5, 5.41) is -5.68. The first-order valence-electron chi connectivity index (χ1n) is 7.87. The molecule has 0 spiro atoms. The van der Waals surface area contributed by atoms with Crippen molar-refractivity contribution in [3.8, 4) is 0 Å². The second-order valence-corrected chi connectivity index (χ2v) is 9.06. The number of rotatable bonds is 4. The summed E-state index contributed by atoms with van der Waals surface area (Å²) in [6.07, 6.45) is -6.73. The van der Waals surface area contributed by atoms with Crippen LogP contribution in [0.2, 0.25) is 0 Å². The fourth-order valence-electron chi connectivity index (χ4n) is 5.05. The van der Waals surface area contributed by atoms with Crippen LogP contribution in [0.25, 0.3) is 0 Å². The van der Waals surface area contributed by atoms with E-state index in [9.17, 15) is 35.2 Å². The van der Waals surface area contributed by atoms with Gasteiger partial charge in [0.1, 0.15) is 0 Å². The SMILES string of the molecule is O=C(OC(C(F)(F)F)C(F)(F)S(=O)(=O)O)C12CC3CC(CC(C3)C1)C2.[Ce]. The molecule has 5 nitrogen and oxygen atoms in total. The summed E-state index contributed by atoms with van der Waals surface area (Å²) < 4.78 is 99.9. The smallest absolute Gasteiger partial charge is 0.432 e. The zero-order valence-electron chi connectivity index (χ0n) is 13.4. The minimum Gasteiger partial charge on any atom is -0.444 e. The van der Waals surface area contributed by atoms with Crippen LogP contribution in [0, 0.1) is 64.9 Å². The predicted molar refractivity (Wildman–Crippen MR) is 73.0 cm³/mol. The number of esters is 1. The third kappa shape index (κ3) is 3.92. The number of halogens is 5. The third-order valence-electron chi connectivity index (χ3n) is 5.64.